The highest BCUT2D eigenvalue weighted by molar-refractivity contribution is 6.36. The molecular formula is C23H19ClN2O4. The Bertz CT molecular complexity index is 1180. The number of hydrogen-bond donors (Lipinski definition) is 1. The number of nitriles is 1. The maximum atomic E-state index is 9.86. The third kappa shape index (κ3) is 2.99. The molecule has 4 rings (SSSR count). The van der Waals surface area contributed by atoms with Crippen molar-refractivity contribution < 1.29 is 18.9 Å². The first kappa shape index (κ1) is 19.9. The summed E-state index contributed by atoms with van der Waals surface area (Å²) < 4.78 is 22.2. The number of fused-ring (bicyclic) bond motifs is 3. The van der Waals surface area contributed by atoms with Crippen LogP contribution in [-0.2, 0) is 0 Å². The zero-order valence-electron chi connectivity index (χ0n) is 16.7. The summed E-state index contributed by atoms with van der Waals surface area (Å²) in [6, 6.07) is 15.2. The topological polar surface area (TPSA) is 84.6 Å². The average Bonchev–Trinajstić information content (AvgIpc) is 2.78. The van der Waals surface area contributed by atoms with E-state index in [0.717, 1.165) is 21.9 Å². The van der Waals surface area contributed by atoms with Gasteiger partial charge >= 0.3 is 0 Å². The molecule has 0 aliphatic carbocycles. The third-order valence-electron chi connectivity index (χ3n) is 5.32. The predicted molar refractivity (Wildman–Crippen MR) is 114 cm³/mol. The normalized spacial score (nSPS) is 17.6. The number of hydrogen-bond acceptors (Lipinski definition) is 6. The minimum Gasteiger partial charge on any atom is -0.493 e. The van der Waals surface area contributed by atoms with Gasteiger partial charge in [-0.2, -0.15) is 5.26 Å². The minimum atomic E-state index is -0.836. The lowest BCUT2D eigenvalue weighted by Crippen LogP contribution is -2.31. The molecule has 1 aliphatic heterocycles. The van der Waals surface area contributed by atoms with E-state index in [-0.39, 0.29) is 5.90 Å². The first-order chi connectivity index (χ1) is 14.5. The molecule has 3 aromatic rings. The summed E-state index contributed by atoms with van der Waals surface area (Å²) in [6.45, 7) is 0. The minimum absolute atomic E-state index is 0.115. The summed E-state index contributed by atoms with van der Waals surface area (Å²) in [5, 5.41) is 20.4. The van der Waals surface area contributed by atoms with Gasteiger partial charge in [0.1, 0.15) is 11.7 Å². The van der Waals surface area contributed by atoms with Crippen LogP contribution < -0.4 is 18.9 Å². The molecule has 0 fully saturated rings. The lowest BCUT2D eigenvalue weighted by molar-refractivity contribution is 0.323. The molecule has 3 aromatic carbocycles. The molecule has 0 saturated carbocycles. The molecule has 0 amide bonds. The van der Waals surface area contributed by atoms with Crippen molar-refractivity contribution in [1.29, 1.82) is 10.7 Å². The van der Waals surface area contributed by atoms with Crippen LogP contribution in [-0.4, -0.2) is 27.2 Å². The zero-order valence-corrected chi connectivity index (χ0v) is 17.4. The second-order valence-corrected chi connectivity index (χ2v) is 7.24. The Labute approximate surface area is 179 Å². The summed E-state index contributed by atoms with van der Waals surface area (Å²) >= 11 is 6.58. The van der Waals surface area contributed by atoms with E-state index in [2.05, 4.69) is 6.07 Å². The Balaban J connectivity index is 2.03. The highest BCUT2D eigenvalue weighted by Crippen LogP contribution is 2.50. The smallest absolute Gasteiger partial charge is 0.205 e. The Morgan fingerprint density at radius 3 is 2.20 bits per heavy atom. The fraction of sp³-hybridized carbons (Fsp3) is 0.217. The van der Waals surface area contributed by atoms with Gasteiger partial charge in [-0.3, -0.25) is 5.41 Å². The average molecular weight is 423 g/mol. The maximum Gasteiger partial charge on any atom is 0.205 e. The van der Waals surface area contributed by atoms with Crippen LogP contribution in [0, 0.1) is 22.7 Å². The summed E-state index contributed by atoms with van der Waals surface area (Å²) in [5.41, 5.74) is 1.47. The molecule has 7 heteroatoms. The Hall–Kier alpha value is -3.43. The molecule has 1 aliphatic rings. The van der Waals surface area contributed by atoms with Crippen LogP contribution in [0.2, 0.25) is 5.02 Å². The zero-order chi connectivity index (χ0) is 21.4. The molecule has 0 saturated heterocycles. The summed E-state index contributed by atoms with van der Waals surface area (Å²) in [4.78, 5) is 0. The number of benzene rings is 3. The Kier molecular flexibility index (Phi) is 5.15. The molecule has 0 bridgehead atoms. The SMILES string of the molecule is COc1cc(C2c3cc(Cl)c4ccccc4c3OC(=N)C2C#N)cc(OC)c1OC. The number of nitrogens with one attached hydrogen (secondary N) is 1. The van der Waals surface area contributed by atoms with Gasteiger partial charge in [-0.05, 0) is 23.8 Å². The second-order valence-electron chi connectivity index (χ2n) is 6.83. The van der Waals surface area contributed by atoms with Gasteiger partial charge < -0.3 is 18.9 Å². The van der Waals surface area contributed by atoms with E-state index in [1.54, 1.807) is 12.1 Å². The second kappa shape index (κ2) is 7.77. The van der Waals surface area contributed by atoms with Crippen molar-refractivity contribution in [1.82, 2.24) is 0 Å². The fourth-order valence-corrected chi connectivity index (χ4v) is 4.24. The van der Waals surface area contributed by atoms with Crippen molar-refractivity contribution in [2.24, 2.45) is 5.92 Å². The van der Waals surface area contributed by atoms with Crippen LogP contribution in [0.4, 0.5) is 0 Å². The van der Waals surface area contributed by atoms with Crippen LogP contribution in [0.5, 0.6) is 23.0 Å². The molecule has 30 heavy (non-hydrogen) atoms. The summed E-state index contributed by atoms with van der Waals surface area (Å²) in [5.74, 6) is 0.474. The predicted octanol–water partition coefficient (Wildman–Crippen LogP) is 5.16. The van der Waals surface area contributed by atoms with E-state index < -0.39 is 11.8 Å². The van der Waals surface area contributed by atoms with E-state index in [1.807, 2.05) is 30.3 Å². The van der Waals surface area contributed by atoms with Gasteiger partial charge in [0.25, 0.3) is 0 Å². The molecule has 152 valence electrons. The number of methoxy groups -OCH3 is 3. The maximum absolute atomic E-state index is 9.86. The van der Waals surface area contributed by atoms with E-state index in [9.17, 15) is 5.26 Å². The molecule has 2 unspecified atom stereocenters. The van der Waals surface area contributed by atoms with Crippen molar-refractivity contribution in [3.63, 3.8) is 0 Å². The van der Waals surface area contributed by atoms with Gasteiger partial charge in [0.05, 0.1) is 27.4 Å². The Morgan fingerprint density at radius 2 is 1.63 bits per heavy atom. The van der Waals surface area contributed by atoms with Gasteiger partial charge in [-0.1, -0.05) is 35.9 Å². The summed E-state index contributed by atoms with van der Waals surface area (Å²) in [6.07, 6.45) is 0. The highest BCUT2D eigenvalue weighted by atomic mass is 35.5. The van der Waals surface area contributed by atoms with E-state index in [1.165, 1.54) is 21.3 Å². The molecule has 1 N–H and O–H groups in total. The van der Waals surface area contributed by atoms with Gasteiger partial charge in [0.15, 0.2) is 11.5 Å². The molecule has 1 heterocycles. The van der Waals surface area contributed by atoms with Crippen molar-refractivity contribution in [3.8, 4) is 29.1 Å². The number of ether oxygens (including phenoxy) is 4. The van der Waals surface area contributed by atoms with E-state index in [0.29, 0.717) is 28.0 Å². The first-order valence-electron chi connectivity index (χ1n) is 9.21. The molecule has 6 nitrogen and oxygen atoms in total. The quantitative estimate of drug-likeness (QED) is 0.627. The van der Waals surface area contributed by atoms with Crippen LogP contribution >= 0.6 is 11.6 Å². The van der Waals surface area contributed by atoms with Crippen LogP contribution in [0.3, 0.4) is 0 Å². The standard InChI is InChI=1S/C23H19ClN2O4/c1-27-18-8-12(9-19(28-2)22(18)29-3)20-15-10-17(24)13-6-4-5-7-14(13)21(15)30-23(26)16(20)11-25/h4-10,16,20,26H,1-3H3. The number of nitrogens with zero attached hydrogens (tertiary/aromatic N) is 1. The highest BCUT2D eigenvalue weighted by Gasteiger charge is 2.39. The van der Waals surface area contributed by atoms with Crippen LogP contribution in [0.1, 0.15) is 17.0 Å². The first-order valence-corrected chi connectivity index (χ1v) is 9.58. The van der Waals surface area contributed by atoms with Crippen molar-refractivity contribution in [3.05, 3.63) is 58.6 Å². The van der Waals surface area contributed by atoms with Gasteiger partial charge in [-0.25, -0.2) is 0 Å². The van der Waals surface area contributed by atoms with Gasteiger partial charge in [0, 0.05) is 27.3 Å². The van der Waals surface area contributed by atoms with E-state index >= 15 is 0 Å². The van der Waals surface area contributed by atoms with Crippen LogP contribution in [0.25, 0.3) is 10.8 Å². The molecular weight excluding hydrogens is 404 g/mol. The van der Waals surface area contributed by atoms with Crippen LogP contribution in [0.15, 0.2) is 42.5 Å². The number of halogens is 1. The lowest BCUT2D eigenvalue weighted by atomic mass is 9.78. The summed E-state index contributed by atoms with van der Waals surface area (Å²) in [7, 11) is 4.60. The molecule has 2 atom stereocenters. The molecule has 0 radical (unpaired) electrons. The van der Waals surface area contributed by atoms with Crippen molar-refractivity contribution in [2.75, 3.05) is 21.3 Å². The number of rotatable bonds is 4. The molecule has 0 aromatic heterocycles. The van der Waals surface area contributed by atoms with Gasteiger partial charge in [-0.15, -0.1) is 0 Å². The monoisotopic (exact) mass is 422 g/mol. The van der Waals surface area contributed by atoms with Crippen molar-refractivity contribution >= 4 is 28.3 Å². The Morgan fingerprint density at radius 1 is 1.00 bits per heavy atom. The lowest BCUT2D eigenvalue weighted by Gasteiger charge is -2.32. The largest absolute Gasteiger partial charge is 0.493 e. The van der Waals surface area contributed by atoms with Crippen molar-refractivity contribution in [2.45, 2.75) is 5.92 Å². The molecule has 0 spiro atoms. The fourth-order valence-electron chi connectivity index (χ4n) is 3.96. The third-order valence-corrected chi connectivity index (χ3v) is 5.63. The van der Waals surface area contributed by atoms with E-state index in [4.69, 9.17) is 36.0 Å². The van der Waals surface area contributed by atoms with Gasteiger partial charge in [0.2, 0.25) is 11.6 Å².